The fraction of sp³-hybridized carbons (Fsp3) is 0.318. The predicted octanol–water partition coefficient (Wildman–Crippen LogP) is 2.92. The summed E-state index contributed by atoms with van der Waals surface area (Å²) in [5.41, 5.74) is 1.17. The number of sulfonamides is 1. The van der Waals surface area contributed by atoms with Gasteiger partial charge in [0.05, 0.1) is 11.3 Å². The van der Waals surface area contributed by atoms with E-state index in [4.69, 9.17) is 4.74 Å². The van der Waals surface area contributed by atoms with Crippen molar-refractivity contribution in [1.29, 1.82) is 0 Å². The van der Waals surface area contributed by atoms with Crippen LogP contribution in [0.25, 0.3) is 0 Å². The molecule has 10 heteroatoms. The molecule has 0 spiro atoms. The summed E-state index contributed by atoms with van der Waals surface area (Å²) in [7, 11) is -0.891. The van der Waals surface area contributed by atoms with Crippen LogP contribution in [0, 0.1) is 12.7 Å². The molecule has 2 aromatic rings. The maximum Gasteiger partial charge on any atom is 0.307 e. The van der Waals surface area contributed by atoms with Gasteiger partial charge in [0.15, 0.2) is 11.9 Å². The number of halogens is 1. The van der Waals surface area contributed by atoms with E-state index < -0.39 is 33.8 Å². The maximum atomic E-state index is 12.9. The highest BCUT2D eigenvalue weighted by Crippen LogP contribution is 2.22. The van der Waals surface area contributed by atoms with Gasteiger partial charge in [-0.25, -0.2) is 17.1 Å². The molecule has 8 nitrogen and oxygen atoms in total. The summed E-state index contributed by atoms with van der Waals surface area (Å²) >= 11 is 0. The molecule has 2 rings (SSSR count). The number of carbonyl (C=O) groups is 3. The van der Waals surface area contributed by atoms with E-state index in [0.29, 0.717) is 5.56 Å². The van der Waals surface area contributed by atoms with Crippen molar-refractivity contribution in [3.63, 3.8) is 0 Å². The lowest BCUT2D eigenvalue weighted by Crippen LogP contribution is -2.30. The molecule has 0 heterocycles. The van der Waals surface area contributed by atoms with Crippen molar-refractivity contribution in [2.75, 3.05) is 19.4 Å². The van der Waals surface area contributed by atoms with Crippen molar-refractivity contribution in [3.8, 4) is 0 Å². The summed E-state index contributed by atoms with van der Waals surface area (Å²) in [6.07, 6.45) is -1.57. The van der Waals surface area contributed by atoms with Crippen LogP contribution in [0.3, 0.4) is 0 Å². The van der Waals surface area contributed by atoms with Crippen LogP contribution in [-0.2, 0) is 24.3 Å². The Hall–Kier alpha value is -3.11. The number of hydrogen-bond acceptors (Lipinski definition) is 6. The van der Waals surface area contributed by atoms with Crippen LogP contribution in [0.4, 0.5) is 10.1 Å². The van der Waals surface area contributed by atoms with E-state index >= 15 is 0 Å². The Morgan fingerprint density at radius 1 is 1.06 bits per heavy atom. The number of nitrogens with zero attached hydrogens (tertiary/aromatic N) is 1. The van der Waals surface area contributed by atoms with Crippen LogP contribution < -0.4 is 5.32 Å². The highest BCUT2D eigenvalue weighted by molar-refractivity contribution is 7.89. The number of anilines is 1. The summed E-state index contributed by atoms with van der Waals surface area (Å²) in [5, 5.41) is 2.56. The van der Waals surface area contributed by atoms with Crippen molar-refractivity contribution in [2.45, 2.75) is 37.7 Å². The van der Waals surface area contributed by atoms with E-state index in [9.17, 15) is 27.2 Å². The molecule has 1 atom stereocenters. The number of esters is 1. The molecule has 0 bridgehead atoms. The highest BCUT2D eigenvalue weighted by Gasteiger charge is 2.22. The number of hydrogen-bond donors (Lipinski definition) is 1. The molecule has 1 N–H and O–H groups in total. The first kappa shape index (κ1) is 25.2. The quantitative estimate of drug-likeness (QED) is 0.451. The van der Waals surface area contributed by atoms with Gasteiger partial charge in [-0.15, -0.1) is 0 Å². The molecule has 0 aliphatic carbocycles. The lowest BCUT2D eigenvalue weighted by atomic mass is 10.1. The average Bonchev–Trinajstić information content (AvgIpc) is 2.73. The number of carbonyl (C=O) groups excluding carboxylic acids is 3. The number of Topliss-reactive ketones (excluding diaryl/α,β-unsaturated/α-hetero) is 1. The summed E-state index contributed by atoms with van der Waals surface area (Å²) in [4.78, 5) is 36.5. The minimum atomic E-state index is -3.69. The summed E-state index contributed by atoms with van der Waals surface area (Å²) in [6.45, 7) is 3.06. The normalized spacial score (nSPS) is 12.3. The van der Waals surface area contributed by atoms with Gasteiger partial charge < -0.3 is 10.1 Å². The fourth-order valence-electron chi connectivity index (χ4n) is 2.65. The zero-order chi connectivity index (χ0) is 24.1. The number of amides is 1. The number of rotatable bonds is 9. The number of benzene rings is 2. The van der Waals surface area contributed by atoms with E-state index in [0.717, 1.165) is 16.4 Å². The topological polar surface area (TPSA) is 110 Å². The van der Waals surface area contributed by atoms with Crippen LogP contribution >= 0.6 is 0 Å². The first-order valence-corrected chi connectivity index (χ1v) is 11.2. The lowest BCUT2D eigenvalue weighted by Gasteiger charge is -2.17. The van der Waals surface area contributed by atoms with Crippen LogP contribution in [0.1, 0.15) is 35.7 Å². The minimum Gasteiger partial charge on any atom is -0.453 e. The Morgan fingerprint density at radius 2 is 1.69 bits per heavy atom. The second-order valence-electron chi connectivity index (χ2n) is 7.32. The highest BCUT2D eigenvalue weighted by atomic mass is 32.2. The molecule has 32 heavy (non-hydrogen) atoms. The molecular formula is C22H25FN2O6S. The Balaban J connectivity index is 1.96. The smallest absolute Gasteiger partial charge is 0.307 e. The molecule has 2 aromatic carbocycles. The third-order valence-electron chi connectivity index (χ3n) is 4.65. The third kappa shape index (κ3) is 6.44. The van der Waals surface area contributed by atoms with Crippen LogP contribution in [0.2, 0.25) is 0 Å². The molecule has 0 fully saturated rings. The van der Waals surface area contributed by atoms with Gasteiger partial charge in [-0.1, -0.05) is 6.07 Å². The summed E-state index contributed by atoms with van der Waals surface area (Å²) < 4.78 is 43.7. The molecule has 0 saturated heterocycles. The lowest BCUT2D eigenvalue weighted by molar-refractivity contribution is -0.153. The molecule has 0 aliphatic heterocycles. The first-order valence-electron chi connectivity index (χ1n) is 9.74. The Morgan fingerprint density at radius 3 is 2.28 bits per heavy atom. The fourth-order valence-corrected chi connectivity index (χ4v) is 3.58. The SMILES string of the molecule is Cc1ccc(S(=O)(=O)N(C)C)cc1NC(=O)C(C)OC(=O)CCC(=O)c1ccc(F)cc1. The van der Waals surface area contributed by atoms with Crippen LogP contribution in [0.15, 0.2) is 47.4 Å². The largest absolute Gasteiger partial charge is 0.453 e. The predicted molar refractivity (Wildman–Crippen MR) is 116 cm³/mol. The number of ketones is 1. The molecule has 0 radical (unpaired) electrons. The standard InChI is InChI=1S/C22H25FN2O6S/c1-14-5-10-18(32(29,30)25(3)4)13-19(14)24-22(28)15(2)31-21(27)12-11-20(26)16-6-8-17(23)9-7-16/h5-10,13,15H,11-12H2,1-4H3,(H,24,28). The van der Waals surface area contributed by atoms with Crippen molar-refractivity contribution in [2.24, 2.45) is 0 Å². The van der Waals surface area contributed by atoms with Crippen molar-refractivity contribution in [3.05, 3.63) is 59.4 Å². The zero-order valence-electron chi connectivity index (χ0n) is 18.2. The Kier molecular flexibility index (Phi) is 8.23. The van der Waals surface area contributed by atoms with Gasteiger partial charge >= 0.3 is 5.97 Å². The van der Waals surface area contributed by atoms with Crippen LogP contribution in [0.5, 0.6) is 0 Å². The Bertz CT molecular complexity index is 1110. The van der Waals surface area contributed by atoms with Crippen molar-refractivity contribution >= 4 is 33.4 Å². The van der Waals surface area contributed by atoms with Gasteiger partial charge in [0.25, 0.3) is 5.91 Å². The monoisotopic (exact) mass is 464 g/mol. The first-order chi connectivity index (χ1) is 14.9. The zero-order valence-corrected chi connectivity index (χ0v) is 19.0. The van der Waals surface area contributed by atoms with Crippen molar-refractivity contribution < 1.29 is 31.9 Å². The van der Waals surface area contributed by atoms with E-state index in [1.165, 1.54) is 45.3 Å². The average molecular weight is 465 g/mol. The molecule has 0 aliphatic rings. The molecule has 1 amide bonds. The number of nitrogens with one attached hydrogen (secondary N) is 1. The van der Waals surface area contributed by atoms with Gasteiger partial charge in [0.2, 0.25) is 10.0 Å². The molecule has 1 unspecified atom stereocenters. The number of ether oxygens (including phenoxy) is 1. The third-order valence-corrected chi connectivity index (χ3v) is 6.46. The maximum absolute atomic E-state index is 12.9. The van der Waals surface area contributed by atoms with Crippen molar-refractivity contribution in [1.82, 2.24) is 4.31 Å². The number of aryl methyl sites for hydroxylation is 1. The van der Waals surface area contributed by atoms with Gasteiger partial charge in [-0.05, 0) is 55.8 Å². The van der Waals surface area contributed by atoms with E-state index in [-0.39, 0.29) is 34.8 Å². The van der Waals surface area contributed by atoms with E-state index in [1.54, 1.807) is 13.0 Å². The van der Waals surface area contributed by atoms with Crippen LogP contribution in [-0.4, -0.2) is 50.6 Å². The summed E-state index contributed by atoms with van der Waals surface area (Å²) in [6, 6.07) is 9.28. The molecule has 0 aromatic heterocycles. The summed E-state index contributed by atoms with van der Waals surface area (Å²) in [5.74, 6) is -2.22. The molecule has 0 saturated carbocycles. The van der Waals surface area contributed by atoms with Gasteiger partial charge in [0.1, 0.15) is 5.82 Å². The second-order valence-corrected chi connectivity index (χ2v) is 9.47. The van der Waals surface area contributed by atoms with E-state index in [2.05, 4.69) is 5.32 Å². The molecule has 172 valence electrons. The van der Waals surface area contributed by atoms with Gasteiger partial charge in [-0.3, -0.25) is 14.4 Å². The second kappa shape index (κ2) is 10.5. The van der Waals surface area contributed by atoms with Gasteiger partial charge in [-0.2, -0.15) is 0 Å². The Labute approximate surface area is 186 Å². The van der Waals surface area contributed by atoms with E-state index in [1.807, 2.05) is 0 Å². The molecular weight excluding hydrogens is 439 g/mol. The minimum absolute atomic E-state index is 0.00681. The van der Waals surface area contributed by atoms with Gasteiger partial charge in [0, 0.05) is 31.8 Å².